The Labute approximate surface area is 215 Å². The Morgan fingerprint density at radius 3 is 1.50 bits per heavy atom. The molecule has 2 N–H and O–H groups in total. The topological polar surface area (TPSA) is 48.8 Å². The summed E-state index contributed by atoms with van der Waals surface area (Å²) in [4.78, 5) is 9.38. The van der Waals surface area contributed by atoms with Crippen molar-refractivity contribution in [3.63, 3.8) is 0 Å². The van der Waals surface area contributed by atoms with E-state index >= 15 is 0 Å². The van der Waals surface area contributed by atoms with E-state index in [2.05, 4.69) is 104 Å². The fourth-order valence-corrected chi connectivity index (χ4v) is 3.83. The summed E-state index contributed by atoms with van der Waals surface area (Å²) >= 11 is 0. The number of rotatable bonds is 9. The van der Waals surface area contributed by atoms with Crippen LogP contribution in [0, 0.1) is 0 Å². The van der Waals surface area contributed by atoms with E-state index in [9.17, 15) is 0 Å². The minimum atomic E-state index is 0.340. The van der Waals surface area contributed by atoms with E-state index < -0.39 is 0 Å². The lowest BCUT2D eigenvalue weighted by Crippen LogP contribution is -2.04. The molecule has 1 aliphatic rings. The maximum Gasteiger partial charge on any atom is 0.0638 e. The molecule has 0 bridgehead atoms. The molecule has 3 aromatic rings. The number of aliphatic imine (C=N–C) groups is 2. The maximum atomic E-state index is 4.72. The fourth-order valence-electron chi connectivity index (χ4n) is 3.83. The van der Waals surface area contributed by atoms with Gasteiger partial charge in [0.05, 0.1) is 17.1 Å². The zero-order valence-corrected chi connectivity index (χ0v) is 21.7. The summed E-state index contributed by atoms with van der Waals surface area (Å²) < 4.78 is 0. The Morgan fingerprint density at radius 1 is 0.583 bits per heavy atom. The summed E-state index contributed by atoms with van der Waals surface area (Å²) in [5.74, 6) is 0.592. The molecule has 0 aromatic heterocycles. The molecule has 4 heteroatoms. The van der Waals surface area contributed by atoms with E-state index in [1.807, 2.05) is 36.4 Å². The molecule has 4 rings (SSSR count). The van der Waals surface area contributed by atoms with E-state index in [0.29, 0.717) is 12.0 Å². The van der Waals surface area contributed by atoms with Crippen molar-refractivity contribution in [2.75, 3.05) is 10.6 Å². The number of anilines is 4. The second-order valence-corrected chi connectivity index (χ2v) is 9.32. The van der Waals surface area contributed by atoms with Crippen molar-refractivity contribution in [1.29, 1.82) is 0 Å². The van der Waals surface area contributed by atoms with Gasteiger partial charge in [-0.05, 0) is 116 Å². The van der Waals surface area contributed by atoms with E-state index in [0.717, 1.165) is 52.7 Å². The molecule has 0 saturated carbocycles. The van der Waals surface area contributed by atoms with E-state index in [1.165, 1.54) is 5.56 Å². The zero-order chi connectivity index (χ0) is 25.3. The molecule has 0 aliphatic heterocycles. The third-order valence-corrected chi connectivity index (χ3v) is 6.49. The molecule has 3 aromatic carbocycles. The van der Waals surface area contributed by atoms with Gasteiger partial charge in [0.2, 0.25) is 0 Å². The third kappa shape index (κ3) is 7.05. The Bertz CT molecular complexity index is 1230. The van der Waals surface area contributed by atoms with Gasteiger partial charge in [0.1, 0.15) is 0 Å². The van der Waals surface area contributed by atoms with Crippen molar-refractivity contribution in [2.45, 2.75) is 52.5 Å². The van der Waals surface area contributed by atoms with Crippen LogP contribution in [0.3, 0.4) is 0 Å². The lowest BCUT2D eigenvalue weighted by molar-refractivity contribution is 0.718. The van der Waals surface area contributed by atoms with Crippen LogP contribution in [0.15, 0.2) is 107 Å². The van der Waals surface area contributed by atoms with Crippen molar-refractivity contribution >= 4 is 39.9 Å². The van der Waals surface area contributed by atoms with Crippen LogP contribution in [-0.4, -0.2) is 17.5 Å². The summed E-state index contributed by atoms with van der Waals surface area (Å²) in [6, 6.07) is 25.6. The van der Waals surface area contributed by atoms with Crippen molar-refractivity contribution in [3.05, 3.63) is 103 Å². The van der Waals surface area contributed by atoms with Crippen LogP contribution in [0.1, 0.15) is 52.0 Å². The number of nitrogens with one attached hydrogen (secondary N) is 2. The number of allylic oxidation sites excluding steroid dienone is 4. The average Bonchev–Trinajstić information content (AvgIpc) is 2.92. The van der Waals surface area contributed by atoms with Gasteiger partial charge in [0.25, 0.3) is 0 Å². The highest BCUT2D eigenvalue weighted by Gasteiger charge is 2.04. The second-order valence-electron chi connectivity index (χ2n) is 9.32. The fraction of sp³-hybridized carbons (Fsp3) is 0.250. The largest absolute Gasteiger partial charge is 0.356 e. The molecule has 0 fully saturated rings. The van der Waals surface area contributed by atoms with Gasteiger partial charge in [-0.3, -0.25) is 4.99 Å². The first-order chi connectivity index (χ1) is 17.5. The summed E-state index contributed by atoms with van der Waals surface area (Å²) in [6.07, 6.45) is 10.3. The van der Waals surface area contributed by atoms with E-state index in [-0.39, 0.29) is 0 Å². The average molecular weight is 477 g/mol. The monoisotopic (exact) mass is 476 g/mol. The van der Waals surface area contributed by atoms with Crippen LogP contribution in [0.2, 0.25) is 0 Å². The molecule has 1 aliphatic carbocycles. The highest BCUT2D eigenvalue weighted by atomic mass is 14.9. The number of hydrogen-bond acceptors (Lipinski definition) is 4. The van der Waals surface area contributed by atoms with Crippen molar-refractivity contribution in [2.24, 2.45) is 9.98 Å². The van der Waals surface area contributed by atoms with E-state index in [4.69, 9.17) is 4.99 Å². The number of hydrogen-bond donors (Lipinski definition) is 2. The van der Waals surface area contributed by atoms with Crippen LogP contribution < -0.4 is 10.6 Å². The van der Waals surface area contributed by atoms with Gasteiger partial charge in [-0.2, -0.15) is 0 Å². The Balaban J connectivity index is 1.32. The molecule has 36 heavy (non-hydrogen) atoms. The molecule has 2 atom stereocenters. The first-order valence-corrected chi connectivity index (χ1v) is 12.9. The molecule has 0 radical (unpaired) electrons. The molecular formula is C32H36N4. The van der Waals surface area contributed by atoms with Gasteiger partial charge in [-0.1, -0.05) is 32.9 Å². The van der Waals surface area contributed by atoms with Crippen LogP contribution in [0.5, 0.6) is 0 Å². The number of benzene rings is 3. The van der Waals surface area contributed by atoms with Crippen LogP contribution >= 0.6 is 0 Å². The summed E-state index contributed by atoms with van der Waals surface area (Å²) in [6.45, 7) is 8.77. The predicted molar refractivity (Wildman–Crippen MR) is 157 cm³/mol. The van der Waals surface area contributed by atoms with Crippen molar-refractivity contribution in [3.8, 4) is 0 Å². The highest BCUT2D eigenvalue weighted by Crippen LogP contribution is 2.25. The molecule has 184 valence electrons. The first kappa shape index (κ1) is 25.2. The van der Waals surface area contributed by atoms with Gasteiger partial charge >= 0.3 is 0 Å². The third-order valence-electron chi connectivity index (χ3n) is 6.49. The maximum absolute atomic E-state index is 4.72. The van der Waals surface area contributed by atoms with Crippen LogP contribution in [-0.2, 0) is 0 Å². The van der Waals surface area contributed by atoms with E-state index in [1.54, 1.807) is 0 Å². The molecule has 0 heterocycles. The molecule has 0 amide bonds. The molecular weight excluding hydrogens is 440 g/mol. The smallest absolute Gasteiger partial charge is 0.0638 e. The first-order valence-electron chi connectivity index (χ1n) is 12.9. The zero-order valence-electron chi connectivity index (χ0n) is 21.7. The van der Waals surface area contributed by atoms with Crippen LogP contribution in [0.25, 0.3) is 0 Å². The molecule has 4 nitrogen and oxygen atoms in total. The SMILES string of the molecule is CCC(C)N=C1C=CC(=Nc2ccc(Nc3ccc(Nc4ccc(C(C)CC)cc4)cc3)cc2)C=C1. The second kappa shape index (κ2) is 12.2. The van der Waals surface area contributed by atoms with Crippen molar-refractivity contribution < 1.29 is 0 Å². The summed E-state index contributed by atoms with van der Waals surface area (Å²) in [5.41, 5.74) is 8.46. The van der Waals surface area contributed by atoms with Gasteiger partial charge in [-0.25, -0.2) is 4.99 Å². The normalized spacial score (nSPS) is 14.3. The van der Waals surface area contributed by atoms with Gasteiger partial charge in [0, 0.05) is 28.8 Å². The Hall–Kier alpha value is -3.92. The van der Waals surface area contributed by atoms with Gasteiger partial charge < -0.3 is 10.6 Å². The molecule has 0 spiro atoms. The lowest BCUT2D eigenvalue weighted by Gasteiger charge is -2.12. The van der Waals surface area contributed by atoms with Gasteiger partial charge in [-0.15, -0.1) is 0 Å². The van der Waals surface area contributed by atoms with Crippen LogP contribution in [0.4, 0.5) is 28.4 Å². The van der Waals surface area contributed by atoms with Crippen molar-refractivity contribution in [1.82, 2.24) is 0 Å². The quantitative estimate of drug-likeness (QED) is 0.302. The Kier molecular flexibility index (Phi) is 8.51. The predicted octanol–water partition coefficient (Wildman–Crippen LogP) is 9.13. The highest BCUT2D eigenvalue weighted by molar-refractivity contribution is 6.19. The van der Waals surface area contributed by atoms with Gasteiger partial charge in [0.15, 0.2) is 0 Å². The number of nitrogens with zero attached hydrogens (tertiary/aromatic N) is 2. The Morgan fingerprint density at radius 2 is 1.03 bits per heavy atom. The summed E-state index contributed by atoms with van der Waals surface area (Å²) in [5, 5.41) is 6.94. The molecule has 2 unspecified atom stereocenters. The minimum Gasteiger partial charge on any atom is -0.356 e. The minimum absolute atomic E-state index is 0.340. The summed E-state index contributed by atoms with van der Waals surface area (Å²) in [7, 11) is 0. The lowest BCUT2D eigenvalue weighted by atomic mass is 9.99. The standard InChI is InChI=1S/C32H36N4/c1-5-23(3)25-7-9-27(10-8-25)34-29-15-17-31(18-16-29)36-32-21-19-30(20-22-32)35-28-13-11-26(12-14-28)33-24(4)6-2/h7-24,34,36H,5-6H2,1-4H3. The molecule has 0 saturated heterocycles.